The van der Waals surface area contributed by atoms with Gasteiger partial charge in [0, 0.05) is 21.4 Å². The number of Topliss-reactive ketones (excluding diaryl/α,β-unsaturated/α-hetero) is 1. The van der Waals surface area contributed by atoms with Crippen LogP contribution in [0.15, 0.2) is 6.07 Å². The summed E-state index contributed by atoms with van der Waals surface area (Å²) in [5.41, 5.74) is 0.939. The third-order valence-corrected chi connectivity index (χ3v) is 4.90. The minimum absolute atomic E-state index is 0.297. The monoisotopic (exact) mass is 265 g/mol. The Morgan fingerprint density at radius 2 is 2.06 bits per heavy atom. The summed E-state index contributed by atoms with van der Waals surface area (Å²) in [7, 11) is 0. The minimum atomic E-state index is 0.297. The van der Waals surface area contributed by atoms with Crippen LogP contribution in [0.2, 0.25) is 0 Å². The Morgan fingerprint density at radius 1 is 1.39 bits per heavy atom. The first-order valence-corrected chi connectivity index (χ1v) is 7.77. The molecule has 0 unspecified atom stereocenters. The molecule has 1 aromatic rings. The molecule has 1 aromatic heterocycles. The number of hydrogen-bond donors (Lipinski definition) is 0. The third-order valence-electron chi connectivity index (χ3n) is 3.94. The third kappa shape index (κ3) is 3.01. The van der Waals surface area contributed by atoms with E-state index in [1.807, 2.05) is 6.07 Å². The zero-order chi connectivity index (χ0) is 13.1. The first-order chi connectivity index (χ1) is 8.61. The molecule has 0 aliphatic heterocycles. The number of likely N-dealkylation sites (N-methyl/N-ethyl adjacent to an activating group) is 1. The topological polar surface area (TPSA) is 20.3 Å². The zero-order valence-electron chi connectivity index (χ0n) is 11.7. The normalized spacial score (nSPS) is 16.7. The van der Waals surface area contributed by atoms with Crippen molar-refractivity contribution in [2.24, 2.45) is 0 Å². The van der Waals surface area contributed by atoms with Crippen LogP contribution in [0.3, 0.4) is 0 Å². The number of rotatable bonds is 5. The van der Waals surface area contributed by atoms with Crippen molar-refractivity contribution in [3.63, 3.8) is 0 Å². The van der Waals surface area contributed by atoms with Gasteiger partial charge in [-0.2, -0.15) is 0 Å². The Bertz CT molecular complexity index is 418. The molecule has 0 spiro atoms. The quantitative estimate of drug-likeness (QED) is 0.755. The fraction of sp³-hybridized carbons (Fsp3) is 0.667. The summed E-state index contributed by atoms with van der Waals surface area (Å²) in [6.45, 7) is 7.87. The molecule has 0 saturated heterocycles. The molecule has 0 radical (unpaired) electrons. The molecule has 18 heavy (non-hydrogen) atoms. The van der Waals surface area contributed by atoms with Crippen molar-refractivity contribution in [2.75, 3.05) is 13.1 Å². The van der Waals surface area contributed by atoms with Gasteiger partial charge in [-0.15, -0.1) is 11.3 Å². The molecule has 2 rings (SSSR count). The molecule has 100 valence electrons. The van der Waals surface area contributed by atoms with Gasteiger partial charge in [0.1, 0.15) is 0 Å². The van der Waals surface area contributed by atoms with Crippen LogP contribution >= 0.6 is 11.3 Å². The summed E-state index contributed by atoms with van der Waals surface area (Å²) in [6.07, 6.45) is 5.18. The van der Waals surface area contributed by atoms with Gasteiger partial charge in [-0.05, 0) is 39.3 Å². The Morgan fingerprint density at radius 3 is 2.56 bits per heavy atom. The average molecular weight is 265 g/mol. The number of hydrogen-bond acceptors (Lipinski definition) is 3. The highest BCUT2D eigenvalue weighted by Crippen LogP contribution is 2.25. The van der Waals surface area contributed by atoms with Gasteiger partial charge in [-0.1, -0.05) is 19.8 Å². The van der Waals surface area contributed by atoms with E-state index in [1.165, 1.54) is 35.4 Å². The SMILES string of the molecule is CCN(CC(=O)c1cc(C)sc1C)C1CCCC1. The fourth-order valence-corrected chi connectivity index (χ4v) is 3.89. The van der Waals surface area contributed by atoms with Crippen molar-refractivity contribution in [2.45, 2.75) is 52.5 Å². The second-order valence-corrected chi connectivity index (χ2v) is 6.71. The fourth-order valence-electron chi connectivity index (χ4n) is 2.95. The van der Waals surface area contributed by atoms with E-state index in [4.69, 9.17) is 0 Å². The van der Waals surface area contributed by atoms with Gasteiger partial charge >= 0.3 is 0 Å². The van der Waals surface area contributed by atoms with Gasteiger partial charge in [-0.25, -0.2) is 0 Å². The van der Waals surface area contributed by atoms with E-state index < -0.39 is 0 Å². The number of thiophene rings is 1. The van der Waals surface area contributed by atoms with Gasteiger partial charge in [0.2, 0.25) is 0 Å². The lowest BCUT2D eigenvalue weighted by molar-refractivity contribution is 0.0899. The number of nitrogens with zero attached hydrogens (tertiary/aromatic N) is 1. The molecule has 1 saturated carbocycles. The maximum absolute atomic E-state index is 12.4. The van der Waals surface area contributed by atoms with Gasteiger partial charge in [-0.3, -0.25) is 9.69 Å². The summed E-state index contributed by atoms with van der Waals surface area (Å²) in [5.74, 6) is 0.297. The largest absolute Gasteiger partial charge is 0.293 e. The highest BCUT2D eigenvalue weighted by atomic mass is 32.1. The van der Waals surface area contributed by atoms with Crippen LogP contribution in [-0.4, -0.2) is 29.8 Å². The first kappa shape index (κ1) is 13.8. The van der Waals surface area contributed by atoms with E-state index in [2.05, 4.69) is 25.7 Å². The molecule has 1 heterocycles. The van der Waals surface area contributed by atoms with Crippen molar-refractivity contribution in [3.05, 3.63) is 21.4 Å². The molecular formula is C15H23NOS. The zero-order valence-corrected chi connectivity index (χ0v) is 12.5. The highest BCUT2D eigenvalue weighted by molar-refractivity contribution is 7.12. The number of carbonyl (C=O) groups excluding carboxylic acids is 1. The highest BCUT2D eigenvalue weighted by Gasteiger charge is 2.24. The van der Waals surface area contributed by atoms with E-state index >= 15 is 0 Å². The van der Waals surface area contributed by atoms with Crippen LogP contribution in [0, 0.1) is 13.8 Å². The molecule has 0 atom stereocenters. The molecule has 2 nitrogen and oxygen atoms in total. The Labute approximate surface area is 114 Å². The Balaban J connectivity index is 2.03. The second kappa shape index (κ2) is 5.98. The van der Waals surface area contributed by atoms with Crippen molar-refractivity contribution in [3.8, 4) is 0 Å². The summed E-state index contributed by atoms with van der Waals surface area (Å²) < 4.78 is 0. The lowest BCUT2D eigenvalue weighted by Crippen LogP contribution is -2.37. The summed E-state index contributed by atoms with van der Waals surface area (Å²) in [5, 5.41) is 0. The van der Waals surface area contributed by atoms with Crippen molar-refractivity contribution in [1.82, 2.24) is 4.90 Å². The van der Waals surface area contributed by atoms with Crippen LogP contribution in [0.4, 0.5) is 0 Å². The number of aryl methyl sites for hydroxylation is 2. The molecule has 0 amide bonds. The molecule has 0 N–H and O–H groups in total. The molecule has 1 aliphatic rings. The van der Waals surface area contributed by atoms with Gasteiger partial charge < -0.3 is 0 Å². The minimum Gasteiger partial charge on any atom is -0.293 e. The van der Waals surface area contributed by atoms with Gasteiger partial charge in [0.15, 0.2) is 5.78 Å². The first-order valence-electron chi connectivity index (χ1n) is 6.96. The Kier molecular flexibility index (Phi) is 4.57. The van der Waals surface area contributed by atoms with Crippen LogP contribution in [-0.2, 0) is 0 Å². The smallest absolute Gasteiger partial charge is 0.177 e. The van der Waals surface area contributed by atoms with E-state index in [9.17, 15) is 4.79 Å². The van der Waals surface area contributed by atoms with E-state index in [-0.39, 0.29) is 0 Å². The molecule has 3 heteroatoms. The van der Waals surface area contributed by atoms with E-state index in [0.29, 0.717) is 18.4 Å². The average Bonchev–Trinajstić information content (AvgIpc) is 2.95. The molecule has 1 fully saturated rings. The van der Waals surface area contributed by atoms with Crippen LogP contribution < -0.4 is 0 Å². The van der Waals surface area contributed by atoms with E-state index in [0.717, 1.165) is 12.1 Å². The number of ketones is 1. The predicted octanol–water partition coefficient (Wildman–Crippen LogP) is 3.81. The molecule has 0 aromatic carbocycles. The van der Waals surface area contributed by atoms with Gasteiger partial charge in [0.25, 0.3) is 0 Å². The standard InChI is InChI=1S/C15H23NOS/c1-4-16(13-7-5-6-8-13)10-15(17)14-9-11(2)18-12(14)3/h9,13H,4-8,10H2,1-3H3. The predicted molar refractivity (Wildman–Crippen MR) is 77.6 cm³/mol. The van der Waals surface area contributed by atoms with Crippen LogP contribution in [0.25, 0.3) is 0 Å². The van der Waals surface area contributed by atoms with Crippen LogP contribution in [0.1, 0.15) is 52.7 Å². The van der Waals surface area contributed by atoms with Crippen molar-refractivity contribution in [1.29, 1.82) is 0 Å². The molecule has 0 bridgehead atoms. The summed E-state index contributed by atoms with van der Waals surface area (Å²) in [6, 6.07) is 2.68. The van der Waals surface area contributed by atoms with Crippen molar-refractivity contribution < 1.29 is 4.79 Å². The summed E-state index contributed by atoms with van der Waals surface area (Å²) in [4.78, 5) is 17.1. The number of carbonyl (C=O) groups is 1. The molecular weight excluding hydrogens is 242 g/mol. The van der Waals surface area contributed by atoms with E-state index in [1.54, 1.807) is 11.3 Å². The maximum Gasteiger partial charge on any atom is 0.177 e. The Hall–Kier alpha value is -0.670. The van der Waals surface area contributed by atoms with Gasteiger partial charge in [0.05, 0.1) is 6.54 Å². The second-order valence-electron chi connectivity index (χ2n) is 5.25. The van der Waals surface area contributed by atoms with Crippen molar-refractivity contribution >= 4 is 17.1 Å². The maximum atomic E-state index is 12.4. The summed E-state index contributed by atoms with van der Waals surface area (Å²) >= 11 is 1.73. The van der Waals surface area contributed by atoms with Crippen LogP contribution in [0.5, 0.6) is 0 Å². The lowest BCUT2D eigenvalue weighted by atomic mass is 10.1. The molecule has 1 aliphatic carbocycles. The lowest BCUT2D eigenvalue weighted by Gasteiger charge is -2.26.